The fourth-order valence-corrected chi connectivity index (χ4v) is 2.02. The van der Waals surface area contributed by atoms with Crippen molar-refractivity contribution in [3.05, 3.63) is 30.0 Å². The number of carboxylic acids is 1. The number of carbonyl (C=O) groups is 1. The maximum Gasteiger partial charge on any atom is 0.314 e. The van der Waals surface area contributed by atoms with Gasteiger partial charge in [-0.25, -0.2) is 0 Å². The van der Waals surface area contributed by atoms with E-state index in [-0.39, 0.29) is 0 Å². The number of nitrogens with two attached hydrogens (primary N) is 1. The molecule has 0 aliphatic heterocycles. The Hall–Kier alpha value is -2.01. The highest BCUT2D eigenvalue weighted by atomic mass is 16.5. The molecular weight excluding hydrogens is 246 g/mol. The molecule has 2 aromatic rings. The zero-order valence-electron chi connectivity index (χ0n) is 10.8. The highest BCUT2D eigenvalue weighted by Crippen LogP contribution is 2.29. The lowest BCUT2D eigenvalue weighted by Crippen LogP contribution is -2.15. The van der Waals surface area contributed by atoms with E-state index in [9.17, 15) is 9.90 Å². The van der Waals surface area contributed by atoms with Gasteiger partial charge in [-0.2, -0.15) is 0 Å². The van der Waals surface area contributed by atoms with Crippen molar-refractivity contribution in [1.29, 1.82) is 0 Å². The molecular formula is C14H17NO4. The van der Waals surface area contributed by atoms with E-state index in [1.54, 1.807) is 18.2 Å². The zero-order valence-corrected chi connectivity index (χ0v) is 10.8. The number of fused-ring (bicyclic) bond motifs is 1. The molecule has 3 N–H and O–H groups in total. The van der Waals surface area contributed by atoms with Crippen molar-refractivity contribution in [3.8, 4) is 5.75 Å². The number of ether oxygens (including phenoxy) is 1. The zero-order chi connectivity index (χ0) is 13.8. The second-order valence-electron chi connectivity index (χ2n) is 4.25. The van der Waals surface area contributed by atoms with Gasteiger partial charge in [-0.05, 0) is 44.2 Å². The summed E-state index contributed by atoms with van der Waals surface area (Å²) in [6, 6.07) is 7.17. The Bertz CT molecular complexity index is 576. The van der Waals surface area contributed by atoms with Crippen LogP contribution in [0.4, 0.5) is 0 Å². The third-order valence-corrected chi connectivity index (χ3v) is 2.91. The number of hydrogen-bond donors (Lipinski definition) is 2. The Morgan fingerprint density at radius 1 is 1.47 bits per heavy atom. The van der Waals surface area contributed by atoms with Gasteiger partial charge in [0.15, 0.2) is 0 Å². The van der Waals surface area contributed by atoms with Gasteiger partial charge >= 0.3 is 5.97 Å². The van der Waals surface area contributed by atoms with Gasteiger partial charge in [-0.15, -0.1) is 0 Å². The van der Waals surface area contributed by atoms with Crippen LogP contribution in [0.1, 0.15) is 25.0 Å². The SMILES string of the molecule is CCOc1ccc2oc(C(CCN)C(=O)O)cc2c1. The molecule has 5 nitrogen and oxygen atoms in total. The Morgan fingerprint density at radius 2 is 2.26 bits per heavy atom. The standard InChI is InChI=1S/C14H17NO4/c1-2-18-10-3-4-12-9(7-10)8-13(19-12)11(5-6-15)14(16)17/h3-4,7-8,11H,2,5-6,15H2,1H3,(H,16,17). The molecule has 1 atom stereocenters. The number of rotatable bonds is 6. The molecule has 1 unspecified atom stereocenters. The number of hydrogen-bond acceptors (Lipinski definition) is 4. The first-order valence-corrected chi connectivity index (χ1v) is 6.25. The summed E-state index contributed by atoms with van der Waals surface area (Å²) in [5, 5.41) is 10.0. The lowest BCUT2D eigenvalue weighted by molar-refractivity contribution is -0.139. The summed E-state index contributed by atoms with van der Waals surface area (Å²) in [6.07, 6.45) is 0.355. The highest BCUT2D eigenvalue weighted by Gasteiger charge is 2.23. The summed E-state index contributed by atoms with van der Waals surface area (Å²) in [4.78, 5) is 11.2. The minimum absolute atomic E-state index is 0.304. The molecule has 0 bridgehead atoms. The molecule has 0 saturated carbocycles. The fraction of sp³-hybridized carbons (Fsp3) is 0.357. The van der Waals surface area contributed by atoms with Gasteiger partial charge in [0.2, 0.25) is 0 Å². The predicted molar refractivity (Wildman–Crippen MR) is 71.4 cm³/mol. The molecule has 0 amide bonds. The van der Waals surface area contributed by atoms with Gasteiger partial charge in [0.25, 0.3) is 0 Å². The third kappa shape index (κ3) is 2.88. The summed E-state index contributed by atoms with van der Waals surface area (Å²) in [5.41, 5.74) is 6.09. The van der Waals surface area contributed by atoms with Crippen LogP contribution in [-0.4, -0.2) is 24.2 Å². The Balaban J connectivity index is 2.36. The summed E-state index contributed by atoms with van der Waals surface area (Å²) in [6.45, 7) is 2.80. The average Bonchev–Trinajstić information content (AvgIpc) is 2.78. The molecule has 0 aliphatic rings. The third-order valence-electron chi connectivity index (χ3n) is 2.91. The van der Waals surface area contributed by atoms with Crippen LogP contribution in [0.15, 0.2) is 28.7 Å². The van der Waals surface area contributed by atoms with E-state index in [0.717, 1.165) is 11.1 Å². The molecule has 0 spiro atoms. The van der Waals surface area contributed by atoms with Crippen molar-refractivity contribution in [3.63, 3.8) is 0 Å². The van der Waals surface area contributed by atoms with Gasteiger partial charge in [0.1, 0.15) is 23.0 Å². The van der Waals surface area contributed by atoms with Crippen molar-refractivity contribution in [1.82, 2.24) is 0 Å². The molecule has 2 rings (SSSR count). The number of aliphatic carboxylic acids is 1. The van der Waals surface area contributed by atoms with Crippen LogP contribution >= 0.6 is 0 Å². The molecule has 19 heavy (non-hydrogen) atoms. The fourth-order valence-electron chi connectivity index (χ4n) is 2.02. The first-order chi connectivity index (χ1) is 9.15. The molecule has 0 radical (unpaired) electrons. The van der Waals surface area contributed by atoms with E-state index in [0.29, 0.717) is 30.9 Å². The van der Waals surface area contributed by atoms with Crippen molar-refractivity contribution in [2.24, 2.45) is 5.73 Å². The van der Waals surface area contributed by atoms with Gasteiger partial charge in [-0.3, -0.25) is 4.79 Å². The van der Waals surface area contributed by atoms with Gasteiger partial charge in [0, 0.05) is 5.39 Å². The topological polar surface area (TPSA) is 85.7 Å². The van der Waals surface area contributed by atoms with Crippen LogP contribution < -0.4 is 10.5 Å². The highest BCUT2D eigenvalue weighted by molar-refractivity contribution is 5.82. The summed E-state index contributed by atoms with van der Waals surface area (Å²) in [5.74, 6) is -0.447. The van der Waals surface area contributed by atoms with Crippen LogP contribution in [0.3, 0.4) is 0 Å². The molecule has 5 heteroatoms. The van der Waals surface area contributed by atoms with Crippen molar-refractivity contribution < 1.29 is 19.1 Å². The monoisotopic (exact) mass is 263 g/mol. The van der Waals surface area contributed by atoms with Crippen LogP contribution in [0, 0.1) is 0 Å². The van der Waals surface area contributed by atoms with E-state index in [2.05, 4.69) is 0 Å². The Labute approximate surface area is 111 Å². The van der Waals surface area contributed by atoms with Gasteiger partial charge < -0.3 is 20.0 Å². The normalized spacial score (nSPS) is 12.5. The van der Waals surface area contributed by atoms with E-state index >= 15 is 0 Å². The van der Waals surface area contributed by atoms with Crippen LogP contribution in [-0.2, 0) is 4.79 Å². The minimum atomic E-state index is -0.922. The van der Waals surface area contributed by atoms with Crippen molar-refractivity contribution >= 4 is 16.9 Å². The van der Waals surface area contributed by atoms with E-state index < -0.39 is 11.9 Å². The van der Waals surface area contributed by atoms with Crippen LogP contribution in [0.5, 0.6) is 5.75 Å². The lowest BCUT2D eigenvalue weighted by atomic mass is 10.0. The predicted octanol–water partition coefficient (Wildman–Crippen LogP) is 2.35. The van der Waals surface area contributed by atoms with E-state index in [4.69, 9.17) is 14.9 Å². The molecule has 0 aliphatic carbocycles. The summed E-state index contributed by atoms with van der Waals surface area (Å²) in [7, 11) is 0. The average molecular weight is 263 g/mol. The Morgan fingerprint density at radius 3 is 2.89 bits per heavy atom. The smallest absolute Gasteiger partial charge is 0.314 e. The van der Waals surface area contributed by atoms with E-state index in [1.165, 1.54) is 0 Å². The molecule has 0 saturated heterocycles. The van der Waals surface area contributed by atoms with Gasteiger partial charge in [0.05, 0.1) is 6.61 Å². The molecule has 1 aromatic heterocycles. The summed E-state index contributed by atoms with van der Waals surface area (Å²) < 4.78 is 11.0. The maximum atomic E-state index is 11.2. The molecule has 1 aromatic carbocycles. The van der Waals surface area contributed by atoms with Crippen LogP contribution in [0.25, 0.3) is 11.0 Å². The van der Waals surface area contributed by atoms with Crippen molar-refractivity contribution in [2.75, 3.05) is 13.2 Å². The first kappa shape index (κ1) is 13.4. The molecule has 102 valence electrons. The second kappa shape index (κ2) is 5.75. The first-order valence-electron chi connectivity index (χ1n) is 6.25. The van der Waals surface area contributed by atoms with E-state index in [1.807, 2.05) is 13.0 Å². The number of carboxylic acid groups (broad SMARTS) is 1. The maximum absolute atomic E-state index is 11.2. The van der Waals surface area contributed by atoms with Crippen LogP contribution in [0.2, 0.25) is 0 Å². The summed E-state index contributed by atoms with van der Waals surface area (Å²) >= 11 is 0. The second-order valence-corrected chi connectivity index (χ2v) is 4.25. The van der Waals surface area contributed by atoms with Crippen molar-refractivity contribution in [2.45, 2.75) is 19.3 Å². The molecule has 0 fully saturated rings. The Kier molecular flexibility index (Phi) is 4.06. The minimum Gasteiger partial charge on any atom is -0.494 e. The molecule has 1 heterocycles. The lowest BCUT2D eigenvalue weighted by Gasteiger charge is -2.06. The largest absolute Gasteiger partial charge is 0.494 e. The number of furan rings is 1. The number of benzene rings is 1. The van der Waals surface area contributed by atoms with Gasteiger partial charge in [-0.1, -0.05) is 0 Å². The quantitative estimate of drug-likeness (QED) is 0.835.